The van der Waals surface area contributed by atoms with E-state index < -0.39 is 0 Å². The minimum Gasteiger partial charge on any atom is -0.391 e. The second-order valence-electron chi connectivity index (χ2n) is 5.25. The van der Waals surface area contributed by atoms with Crippen molar-refractivity contribution in [3.63, 3.8) is 0 Å². The maximum Gasteiger partial charge on any atom is 0.263 e. The summed E-state index contributed by atoms with van der Waals surface area (Å²) in [7, 11) is 0. The Balaban J connectivity index is 2.30. The first-order valence-corrected chi connectivity index (χ1v) is 7.54. The van der Waals surface area contributed by atoms with Crippen LogP contribution < -0.4 is 11.3 Å². The summed E-state index contributed by atoms with van der Waals surface area (Å²) in [6, 6.07) is 15.9. The summed E-state index contributed by atoms with van der Waals surface area (Å²) >= 11 is 1.54. The zero-order valence-electron chi connectivity index (χ0n) is 11.0. The van der Waals surface area contributed by atoms with Crippen LogP contribution in [0.15, 0.2) is 53.3 Å². The van der Waals surface area contributed by atoms with Gasteiger partial charge in [0.05, 0.1) is 20.7 Å². The zero-order valence-corrected chi connectivity index (χ0v) is 11.8. The van der Waals surface area contributed by atoms with Crippen LogP contribution in [0.3, 0.4) is 0 Å². The fourth-order valence-corrected chi connectivity index (χ4v) is 4.24. The van der Waals surface area contributed by atoms with Gasteiger partial charge in [0, 0.05) is 16.2 Å². The molecule has 3 heterocycles. The molecule has 3 nitrogen and oxygen atoms in total. The molecule has 21 heavy (non-hydrogen) atoms. The third kappa shape index (κ3) is 1.21. The van der Waals surface area contributed by atoms with Crippen molar-refractivity contribution in [3.8, 4) is 0 Å². The Morgan fingerprint density at radius 2 is 1.62 bits per heavy atom. The summed E-state index contributed by atoms with van der Waals surface area (Å²) in [6.07, 6.45) is 0. The summed E-state index contributed by atoms with van der Waals surface area (Å²) in [5.74, 6) is 0. The van der Waals surface area contributed by atoms with E-state index in [2.05, 4.69) is 12.1 Å². The van der Waals surface area contributed by atoms with Gasteiger partial charge in [-0.3, -0.25) is 9.20 Å². The number of rotatable bonds is 0. The van der Waals surface area contributed by atoms with Crippen LogP contribution >= 0.6 is 11.3 Å². The fraction of sp³-hybridized carbons (Fsp3) is 0. The molecule has 2 aromatic carbocycles. The second-order valence-corrected chi connectivity index (χ2v) is 6.33. The van der Waals surface area contributed by atoms with Gasteiger partial charge in [-0.15, -0.1) is 11.3 Å². The van der Waals surface area contributed by atoms with Crippen molar-refractivity contribution >= 4 is 53.6 Å². The van der Waals surface area contributed by atoms with Crippen molar-refractivity contribution in [1.29, 1.82) is 0 Å². The smallest absolute Gasteiger partial charge is 0.263 e. The molecule has 100 valence electrons. The maximum atomic E-state index is 12.9. The average Bonchev–Trinajstić information content (AvgIpc) is 3.01. The predicted molar refractivity (Wildman–Crippen MR) is 89.7 cm³/mol. The molecule has 5 rings (SSSR count). The van der Waals surface area contributed by atoms with E-state index in [1.165, 1.54) is 11.3 Å². The van der Waals surface area contributed by atoms with Crippen LogP contribution in [-0.4, -0.2) is 4.40 Å². The highest BCUT2D eigenvalue weighted by Gasteiger charge is 2.17. The molecule has 5 aromatic rings. The number of nitrogens with zero attached hydrogens (tertiary/aromatic N) is 1. The minimum absolute atomic E-state index is 0.0297. The van der Waals surface area contributed by atoms with Crippen molar-refractivity contribution in [2.75, 3.05) is 5.73 Å². The van der Waals surface area contributed by atoms with Gasteiger partial charge in [-0.05, 0) is 17.5 Å². The van der Waals surface area contributed by atoms with E-state index in [4.69, 9.17) is 5.73 Å². The molecule has 0 saturated heterocycles. The molecule has 3 aromatic heterocycles. The third-order valence-corrected chi connectivity index (χ3v) is 5.11. The fourth-order valence-electron chi connectivity index (χ4n) is 3.30. The molecule has 0 bridgehead atoms. The Bertz CT molecular complexity index is 1220. The van der Waals surface area contributed by atoms with Crippen LogP contribution in [0.25, 0.3) is 37.3 Å². The van der Waals surface area contributed by atoms with Crippen LogP contribution in [-0.2, 0) is 0 Å². The number of nitrogen functional groups attached to an aromatic ring is 1. The van der Waals surface area contributed by atoms with Gasteiger partial charge in [-0.1, -0.05) is 36.4 Å². The van der Waals surface area contributed by atoms with E-state index in [9.17, 15) is 4.79 Å². The predicted octanol–water partition coefficient (Wildman–Crippen LogP) is 3.84. The summed E-state index contributed by atoms with van der Waals surface area (Å²) in [5.41, 5.74) is 7.89. The number of thiophene rings is 1. The molecule has 0 unspecified atom stereocenters. The van der Waals surface area contributed by atoms with Gasteiger partial charge in [0.2, 0.25) is 0 Å². The van der Waals surface area contributed by atoms with E-state index in [1.807, 2.05) is 40.8 Å². The third-order valence-electron chi connectivity index (χ3n) is 4.13. The molecule has 0 atom stereocenters. The van der Waals surface area contributed by atoms with Gasteiger partial charge in [0.15, 0.2) is 0 Å². The summed E-state index contributed by atoms with van der Waals surface area (Å²) in [4.78, 5) is 12.9. The Morgan fingerprint density at radius 3 is 2.48 bits per heavy atom. The Labute approximate surface area is 123 Å². The Hall–Kier alpha value is -2.59. The monoisotopic (exact) mass is 290 g/mol. The lowest BCUT2D eigenvalue weighted by Crippen LogP contribution is -2.12. The number of benzene rings is 2. The normalized spacial score (nSPS) is 12.2. The first kappa shape index (κ1) is 11.1. The number of fused-ring (bicyclic) bond motifs is 5. The summed E-state index contributed by atoms with van der Waals surface area (Å²) in [6.45, 7) is 0. The molecule has 0 spiro atoms. The second kappa shape index (κ2) is 3.54. The number of aromatic nitrogens is 1. The minimum atomic E-state index is 0.0297. The van der Waals surface area contributed by atoms with E-state index in [0.717, 1.165) is 42.3 Å². The average molecular weight is 290 g/mol. The van der Waals surface area contributed by atoms with Crippen LogP contribution in [0, 0.1) is 0 Å². The lowest BCUT2D eigenvalue weighted by atomic mass is 10.1. The Kier molecular flexibility index (Phi) is 1.87. The molecule has 0 aliphatic carbocycles. The van der Waals surface area contributed by atoms with Crippen LogP contribution in [0.2, 0.25) is 0 Å². The van der Waals surface area contributed by atoms with Crippen LogP contribution in [0.1, 0.15) is 0 Å². The van der Waals surface area contributed by atoms with Gasteiger partial charge >= 0.3 is 0 Å². The Morgan fingerprint density at radius 1 is 0.905 bits per heavy atom. The van der Waals surface area contributed by atoms with Gasteiger partial charge in [-0.25, -0.2) is 0 Å². The van der Waals surface area contributed by atoms with Crippen molar-refractivity contribution in [2.24, 2.45) is 0 Å². The molecular formula is C17H10N2OS. The number of nitrogens with two attached hydrogens (primary N) is 1. The highest BCUT2D eigenvalue weighted by molar-refractivity contribution is 7.23. The van der Waals surface area contributed by atoms with Gasteiger partial charge in [0.1, 0.15) is 0 Å². The molecule has 0 aliphatic rings. The van der Waals surface area contributed by atoms with Gasteiger partial charge in [0.25, 0.3) is 5.56 Å². The number of hydrogen-bond acceptors (Lipinski definition) is 3. The maximum absolute atomic E-state index is 12.9. The highest BCUT2D eigenvalue weighted by atomic mass is 32.1. The topological polar surface area (TPSA) is 47.5 Å². The molecule has 4 heteroatoms. The zero-order chi connectivity index (χ0) is 14.1. The molecule has 0 saturated carbocycles. The standard InChI is InChI=1S/C17H10N2OS/c18-14-8-13-16(21-14)12-7-3-6-10-9-4-1-2-5-11(9)17(20)19(13)15(10)12/h1-8H,18H2. The van der Waals surface area contributed by atoms with Gasteiger partial charge in [-0.2, -0.15) is 0 Å². The molecule has 0 amide bonds. The van der Waals surface area contributed by atoms with Crippen molar-refractivity contribution in [2.45, 2.75) is 0 Å². The molecule has 0 fully saturated rings. The number of anilines is 1. The van der Waals surface area contributed by atoms with E-state index in [-0.39, 0.29) is 5.56 Å². The SMILES string of the molecule is Nc1cc2c(s1)c1cccc3c4ccccc4c(=O)n2c31. The molecule has 2 N–H and O–H groups in total. The first-order valence-electron chi connectivity index (χ1n) is 6.72. The summed E-state index contributed by atoms with van der Waals surface area (Å²) in [5, 5.41) is 4.72. The van der Waals surface area contributed by atoms with E-state index in [1.54, 1.807) is 0 Å². The number of pyridine rings is 1. The highest BCUT2D eigenvalue weighted by Crippen LogP contribution is 2.38. The number of para-hydroxylation sites is 1. The molecular weight excluding hydrogens is 280 g/mol. The number of hydrogen-bond donors (Lipinski definition) is 1. The molecule has 0 aliphatic heterocycles. The summed E-state index contributed by atoms with van der Waals surface area (Å²) < 4.78 is 2.90. The van der Waals surface area contributed by atoms with Crippen LogP contribution in [0.5, 0.6) is 0 Å². The molecule has 0 radical (unpaired) electrons. The van der Waals surface area contributed by atoms with E-state index >= 15 is 0 Å². The lowest BCUT2D eigenvalue weighted by Gasteiger charge is -2.05. The van der Waals surface area contributed by atoms with Gasteiger partial charge < -0.3 is 5.73 Å². The lowest BCUT2D eigenvalue weighted by molar-refractivity contribution is 1.21. The first-order chi connectivity index (χ1) is 10.3. The van der Waals surface area contributed by atoms with Crippen molar-refractivity contribution in [3.05, 3.63) is 58.9 Å². The largest absolute Gasteiger partial charge is 0.391 e. The van der Waals surface area contributed by atoms with Crippen LogP contribution in [0.4, 0.5) is 5.00 Å². The van der Waals surface area contributed by atoms with Crippen molar-refractivity contribution < 1.29 is 0 Å². The van der Waals surface area contributed by atoms with Crippen molar-refractivity contribution in [1.82, 2.24) is 4.40 Å². The quantitative estimate of drug-likeness (QED) is 0.440. The van der Waals surface area contributed by atoms with E-state index in [0.29, 0.717) is 0 Å².